The molecule has 0 saturated heterocycles. The molecule has 1 unspecified atom stereocenters. The van der Waals surface area contributed by atoms with Crippen LogP contribution in [0.3, 0.4) is 0 Å². The maximum absolute atomic E-state index is 9.93. The van der Waals surface area contributed by atoms with Crippen LogP contribution in [0.5, 0.6) is 0 Å². The first kappa shape index (κ1) is 8.90. The van der Waals surface area contributed by atoms with Crippen molar-refractivity contribution in [2.24, 2.45) is 0 Å². The zero-order chi connectivity index (χ0) is 9.97. The van der Waals surface area contributed by atoms with Crippen LogP contribution in [-0.4, -0.2) is 20.3 Å². The Morgan fingerprint density at radius 3 is 2.79 bits per heavy atom. The molecule has 0 aliphatic heterocycles. The van der Waals surface area contributed by atoms with Crippen LogP contribution in [0, 0.1) is 6.92 Å². The van der Waals surface area contributed by atoms with Crippen molar-refractivity contribution in [3.63, 3.8) is 0 Å². The number of aromatic amines is 1. The standard InChI is InChI=1S/C10H11N3O/c1-7-4-2-3-5-8(7)9(14)10-11-6-12-13-10/h2-6,9,14H,1H3,(H,11,12,13). The molecule has 0 amide bonds. The van der Waals surface area contributed by atoms with Crippen molar-refractivity contribution in [2.75, 3.05) is 0 Å². The minimum Gasteiger partial charge on any atom is -0.380 e. The minimum atomic E-state index is -0.723. The molecule has 72 valence electrons. The second kappa shape index (κ2) is 3.59. The Bertz CT molecular complexity index is 411. The zero-order valence-corrected chi connectivity index (χ0v) is 7.81. The lowest BCUT2D eigenvalue weighted by atomic mass is 10.0. The van der Waals surface area contributed by atoms with E-state index in [-0.39, 0.29) is 0 Å². The van der Waals surface area contributed by atoms with Crippen LogP contribution in [0.1, 0.15) is 23.1 Å². The van der Waals surface area contributed by atoms with Crippen LogP contribution in [0.15, 0.2) is 30.6 Å². The van der Waals surface area contributed by atoms with Gasteiger partial charge >= 0.3 is 0 Å². The van der Waals surface area contributed by atoms with Crippen LogP contribution in [0.25, 0.3) is 0 Å². The number of hydrogen-bond donors (Lipinski definition) is 2. The van der Waals surface area contributed by atoms with Gasteiger partial charge in [0, 0.05) is 0 Å². The third-order valence-corrected chi connectivity index (χ3v) is 2.18. The highest BCUT2D eigenvalue weighted by molar-refractivity contribution is 5.30. The summed E-state index contributed by atoms with van der Waals surface area (Å²) in [5, 5.41) is 16.3. The molecule has 0 aliphatic rings. The third-order valence-electron chi connectivity index (χ3n) is 2.18. The van der Waals surface area contributed by atoms with E-state index in [9.17, 15) is 5.11 Å². The molecular weight excluding hydrogens is 178 g/mol. The number of nitrogens with one attached hydrogen (secondary N) is 1. The van der Waals surface area contributed by atoms with Crippen LogP contribution in [0.4, 0.5) is 0 Å². The number of aliphatic hydroxyl groups is 1. The fourth-order valence-corrected chi connectivity index (χ4v) is 1.39. The molecule has 14 heavy (non-hydrogen) atoms. The average Bonchev–Trinajstić information content (AvgIpc) is 2.70. The molecule has 0 aliphatic carbocycles. The summed E-state index contributed by atoms with van der Waals surface area (Å²) >= 11 is 0. The summed E-state index contributed by atoms with van der Waals surface area (Å²) in [6.07, 6.45) is 0.662. The Kier molecular flexibility index (Phi) is 2.28. The number of aryl methyl sites for hydroxylation is 1. The van der Waals surface area contributed by atoms with Crippen molar-refractivity contribution in [3.05, 3.63) is 47.5 Å². The van der Waals surface area contributed by atoms with E-state index in [1.807, 2.05) is 31.2 Å². The second-order valence-corrected chi connectivity index (χ2v) is 3.13. The molecule has 2 aromatic rings. The van der Waals surface area contributed by atoms with Gasteiger partial charge in [-0.05, 0) is 18.1 Å². The predicted molar refractivity (Wildman–Crippen MR) is 51.6 cm³/mol. The van der Waals surface area contributed by atoms with Gasteiger partial charge in [0.25, 0.3) is 0 Å². The molecule has 2 N–H and O–H groups in total. The SMILES string of the molecule is Cc1ccccc1C(O)c1ncn[nH]1. The summed E-state index contributed by atoms with van der Waals surface area (Å²) in [7, 11) is 0. The normalized spacial score (nSPS) is 12.7. The fraction of sp³-hybridized carbons (Fsp3) is 0.200. The molecule has 4 nitrogen and oxygen atoms in total. The molecule has 2 rings (SSSR count). The highest BCUT2D eigenvalue weighted by atomic mass is 16.3. The molecule has 0 radical (unpaired) electrons. The van der Waals surface area contributed by atoms with Crippen LogP contribution in [0.2, 0.25) is 0 Å². The van der Waals surface area contributed by atoms with Crippen molar-refractivity contribution in [1.29, 1.82) is 0 Å². The van der Waals surface area contributed by atoms with Gasteiger partial charge in [-0.25, -0.2) is 4.98 Å². The third kappa shape index (κ3) is 1.52. The van der Waals surface area contributed by atoms with E-state index in [0.29, 0.717) is 5.82 Å². The van der Waals surface area contributed by atoms with E-state index in [1.54, 1.807) is 0 Å². The summed E-state index contributed by atoms with van der Waals surface area (Å²) in [4.78, 5) is 3.92. The van der Waals surface area contributed by atoms with Gasteiger partial charge in [0.1, 0.15) is 12.4 Å². The average molecular weight is 189 g/mol. The summed E-state index contributed by atoms with van der Waals surface area (Å²) in [5.41, 5.74) is 1.89. The van der Waals surface area contributed by atoms with Gasteiger partial charge in [0.05, 0.1) is 0 Å². The van der Waals surface area contributed by atoms with Crippen LogP contribution >= 0.6 is 0 Å². The molecule has 0 saturated carbocycles. The molecule has 0 spiro atoms. The summed E-state index contributed by atoms with van der Waals surface area (Å²) < 4.78 is 0. The maximum atomic E-state index is 9.93. The molecule has 1 heterocycles. The van der Waals surface area contributed by atoms with Crippen molar-refractivity contribution in [3.8, 4) is 0 Å². The molecular formula is C10H11N3O. The lowest BCUT2D eigenvalue weighted by Gasteiger charge is -2.10. The van der Waals surface area contributed by atoms with E-state index >= 15 is 0 Å². The Labute approximate surface area is 81.6 Å². The maximum Gasteiger partial charge on any atom is 0.157 e. The highest BCUT2D eigenvalue weighted by Gasteiger charge is 2.14. The number of aliphatic hydroxyl groups excluding tert-OH is 1. The lowest BCUT2D eigenvalue weighted by molar-refractivity contribution is 0.209. The number of H-pyrrole nitrogens is 1. The quantitative estimate of drug-likeness (QED) is 0.746. The van der Waals surface area contributed by atoms with Gasteiger partial charge in [-0.15, -0.1) is 0 Å². The molecule has 0 fully saturated rings. The van der Waals surface area contributed by atoms with Gasteiger partial charge in [-0.2, -0.15) is 5.10 Å². The number of rotatable bonds is 2. The number of nitrogens with zero attached hydrogens (tertiary/aromatic N) is 2. The second-order valence-electron chi connectivity index (χ2n) is 3.13. The van der Waals surface area contributed by atoms with Crippen molar-refractivity contribution < 1.29 is 5.11 Å². The van der Waals surface area contributed by atoms with E-state index in [2.05, 4.69) is 15.2 Å². The Hall–Kier alpha value is -1.68. The van der Waals surface area contributed by atoms with Crippen molar-refractivity contribution >= 4 is 0 Å². The van der Waals surface area contributed by atoms with E-state index in [4.69, 9.17) is 0 Å². The fourth-order valence-electron chi connectivity index (χ4n) is 1.39. The Morgan fingerprint density at radius 1 is 1.36 bits per heavy atom. The van der Waals surface area contributed by atoms with Crippen LogP contribution < -0.4 is 0 Å². The highest BCUT2D eigenvalue weighted by Crippen LogP contribution is 2.20. The summed E-state index contributed by atoms with van der Waals surface area (Å²) in [6, 6.07) is 7.66. The summed E-state index contributed by atoms with van der Waals surface area (Å²) in [6.45, 7) is 1.95. The van der Waals surface area contributed by atoms with Gasteiger partial charge in [-0.3, -0.25) is 5.10 Å². The smallest absolute Gasteiger partial charge is 0.157 e. The number of hydrogen-bond acceptors (Lipinski definition) is 3. The first-order chi connectivity index (χ1) is 6.79. The topological polar surface area (TPSA) is 61.8 Å². The Morgan fingerprint density at radius 2 is 2.14 bits per heavy atom. The minimum absolute atomic E-state index is 0.472. The van der Waals surface area contributed by atoms with E-state index in [1.165, 1.54) is 6.33 Å². The Balaban J connectivity index is 2.37. The van der Waals surface area contributed by atoms with E-state index < -0.39 is 6.10 Å². The molecule has 1 aromatic heterocycles. The first-order valence-corrected chi connectivity index (χ1v) is 4.38. The van der Waals surface area contributed by atoms with Crippen molar-refractivity contribution in [2.45, 2.75) is 13.0 Å². The first-order valence-electron chi connectivity index (χ1n) is 4.38. The largest absolute Gasteiger partial charge is 0.380 e. The van der Waals surface area contributed by atoms with Gasteiger partial charge in [0.15, 0.2) is 5.82 Å². The number of benzene rings is 1. The van der Waals surface area contributed by atoms with Crippen molar-refractivity contribution in [1.82, 2.24) is 15.2 Å². The number of aromatic nitrogens is 3. The van der Waals surface area contributed by atoms with Gasteiger partial charge in [0.2, 0.25) is 0 Å². The lowest BCUT2D eigenvalue weighted by Crippen LogP contribution is -2.03. The summed E-state index contributed by atoms with van der Waals surface area (Å²) in [5.74, 6) is 0.472. The zero-order valence-electron chi connectivity index (χ0n) is 7.81. The van der Waals surface area contributed by atoms with E-state index in [0.717, 1.165) is 11.1 Å². The van der Waals surface area contributed by atoms with Gasteiger partial charge < -0.3 is 5.11 Å². The molecule has 1 aromatic carbocycles. The predicted octanol–water partition coefficient (Wildman–Crippen LogP) is 1.19. The molecule has 4 heteroatoms. The molecule has 0 bridgehead atoms. The van der Waals surface area contributed by atoms with Crippen LogP contribution in [-0.2, 0) is 0 Å². The monoisotopic (exact) mass is 189 g/mol. The van der Waals surface area contributed by atoms with Gasteiger partial charge in [-0.1, -0.05) is 24.3 Å². The molecule has 1 atom stereocenters.